The molecule has 0 aliphatic rings. The molecule has 2 aromatic rings. The molecule has 3 N–H and O–H groups in total. The van der Waals surface area contributed by atoms with E-state index in [2.05, 4.69) is 10.3 Å². The number of aromatic nitrogens is 1. The number of nitrogens with two attached hydrogens (primary N) is 1. The number of nitrogens with one attached hydrogen (secondary N) is 1. The minimum Gasteiger partial charge on any atom is -0.397 e. The highest BCUT2D eigenvalue weighted by Crippen LogP contribution is 2.23. The fraction of sp³-hybridized carbons (Fsp3) is 0.100. The van der Waals surface area contributed by atoms with E-state index < -0.39 is 0 Å². The van der Waals surface area contributed by atoms with Crippen molar-refractivity contribution in [1.82, 2.24) is 4.98 Å². The number of nitrogens with zero attached hydrogens (tertiary/aromatic N) is 1. The van der Waals surface area contributed by atoms with Crippen molar-refractivity contribution in [3.05, 3.63) is 39.8 Å². The molecule has 0 radical (unpaired) electrons. The summed E-state index contributed by atoms with van der Waals surface area (Å²) in [4.78, 5) is 5.16. The van der Waals surface area contributed by atoms with Gasteiger partial charge in [0, 0.05) is 16.1 Å². The Morgan fingerprint density at radius 2 is 2.33 bits per heavy atom. The summed E-state index contributed by atoms with van der Waals surface area (Å²) < 4.78 is 0. The minimum atomic E-state index is 0.677. The molecule has 1 aromatic heterocycles. The molecule has 0 spiro atoms. The summed E-state index contributed by atoms with van der Waals surface area (Å²) in [5.41, 5.74) is 9.15. The number of benzene rings is 1. The Balaban J connectivity index is 2.07. The van der Waals surface area contributed by atoms with Gasteiger partial charge >= 0.3 is 0 Å². The van der Waals surface area contributed by atoms with E-state index >= 15 is 0 Å². The van der Waals surface area contributed by atoms with Crippen LogP contribution in [0, 0.1) is 0 Å². The Hall–Kier alpha value is -1.26. The second-order valence-corrected chi connectivity index (χ2v) is 4.46. The van der Waals surface area contributed by atoms with Crippen LogP contribution in [0.1, 0.15) is 4.88 Å². The van der Waals surface area contributed by atoms with Gasteiger partial charge in [-0.05, 0) is 18.2 Å². The van der Waals surface area contributed by atoms with E-state index in [1.807, 2.05) is 12.3 Å². The normalized spacial score (nSPS) is 10.2. The second kappa shape index (κ2) is 4.51. The summed E-state index contributed by atoms with van der Waals surface area (Å²) in [5.74, 6) is 0. The number of hydrogen-bond donors (Lipinski definition) is 2. The van der Waals surface area contributed by atoms with Crippen LogP contribution in [0.25, 0.3) is 0 Å². The van der Waals surface area contributed by atoms with Crippen LogP contribution in [0.3, 0.4) is 0 Å². The predicted molar refractivity (Wildman–Crippen MR) is 65.3 cm³/mol. The first-order valence-corrected chi connectivity index (χ1v) is 5.68. The topological polar surface area (TPSA) is 50.9 Å². The molecule has 1 heterocycles. The fourth-order valence-electron chi connectivity index (χ4n) is 1.19. The van der Waals surface area contributed by atoms with Crippen molar-refractivity contribution in [2.45, 2.75) is 6.54 Å². The molecule has 5 heteroatoms. The van der Waals surface area contributed by atoms with E-state index in [1.165, 1.54) is 0 Å². The van der Waals surface area contributed by atoms with Crippen molar-refractivity contribution < 1.29 is 0 Å². The number of rotatable bonds is 3. The van der Waals surface area contributed by atoms with Crippen LogP contribution >= 0.6 is 22.9 Å². The summed E-state index contributed by atoms with van der Waals surface area (Å²) in [6.07, 6.45) is 1.83. The number of hydrogen-bond acceptors (Lipinski definition) is 4. The van der Waals surface area contributed by atoms with Gasteiger partial charge in [0.15, 0.2) is 0 Å². The van der Waals surface area contributed by atoms with Crippen LogP contribution in [-0.4, -0.2) is 4.98 Å². The van der Waals surface area contributed by atoms with E-state index in [0.29, 0.717) is 10.7 Å². The maximum atomic E-state index is 5.87. The molecular weight excluding hydrogens is 230 g/mol. The summed E-state index contributed by atoms with van der Waals surface area (Å²) in [5, 5.41) is 3.89. The second-order valence-electron chi connectivity index (χ2n) is 3.05. The third-order valence-electron chi connectivity index (χ3n) is 1.95. The third-order valence-corrected chi connectivity index (χ3v) is 2.97. The van der Waals surface area contributed by atoms with Gasteiger partial charge in [0.1, 0.15) is 0 Å². The quantitative estimate of drug-likeness (QED) is 0.810. The zero-order chi connectivity index (χ0) is 10.7. The van der Waals surface area contributed by atoms with Crippen LogP contribution in [0.4, 0.5) is 11.4 Å². The lowest BCUT2D eigenvalue weighted by molar-refractivity contribution is 1.18. The lowest BCUT2D eigenvalue weighted by atomic mass is 10.2. The van der Waals surface area contributed by atoms with Crippen molar-refractivity contribution in [2.75, 3.05) is 11.1 Å². The molecule has 15 heavy (non-hydrogen) atoms. The monoisotopic (exact) mass is 239 g/mol. The number of anilines is 2. The Labute approximate surface area is 96.9 Å². The van der Waals surface area contributed by atoms with E-state index in [9.17, 15) is 0 Å². The zero-order valence-corrected chi connectivity index (χ0v) is 9.48. The largest absolute Gasteiger partial charge is 0.397 e. The highest BCUT2D eigenvalue weighted by Gasteiger charge is 2.00. The lowest BCUT2D eigenvalue weighted by Gasteiger charge is -2.08. The first-order valence-electron chi connectivity index (χ1n) is 4.42. The minimum absolute atomic E-state index is 0.677. The van der Waals surface area contributed by atoms with Gasteiger partial charge < -0.3 is 11.1 Å². The molecule has 3 nitrogen and oxygen atoms in total. The molecule has 0 atom stereocenters. The van der Waals surface area contributed by atoms with Gasteiger partial charge in [-0.1, -0.05) is 11.6 Å². The van der Waals surface area contributed by atoms with Gasteiger partial charge in [-0.3, -0.25) is 4.98 Å². The smallest absolute Gasteiger partial charge is 0.0794 e. The third kappa shape index (κ3) is 2.61. The predicted octanol–water partition coefficient (Wildman–Crippen LogP) is 2.99. The molecule has 0 aliphatic carbocycles. The zero-order valence-electron chi connectivity index (χ0n) is 7.90. The molecule has 0 saturated heterocycles. The van der Waals surface area contributed by atoms with Crippen molar-refractivity contribution in [3.8, 4) is 0 Å². The van der Waals surface area contributed by atoms with Crippen molar-refractivity contribution in [1.29, 1.82) is 0 Å². The van der Waals surface area contributed by atoms with E-state index in [4.69, 9.17) is 17.3 Å². The van der Waals surface area contributed by atoms with Crippen LogP contribution < -0.4 is 11.1 Å². The maximum absolute atomic E-state index is 5.87. The molecule has 1 aromatic carbocycles. The van der Waals surface area contributed by atoms with Gasteiger partial charge in [-0.2, -0.15) is 0 Å². The van der Waals surface area contributed by atoms with Crippen LogP contribution in [0.5, 0.6) is 0 Å². The van der Waals surface area contributed by atoms with Crippen LogP contribution in [0.2, 0.25) is 5.02 Å². The Kier molecular flexibility index (Phi) is 3.08. The highest BCUT2D eigenvalue weighted by molar-refractivity contribution is 7.09. The summed E-state index contributed by atoms with van der Waals surface area (Å²) in [6.45, 7) is 0.717. The van der Waals surface area contributed by atoms with Crippen molar-refractivity contribution in [3.63, 3.8) is 0 Å². The van der Waals surface area contributed by atoms with Gasteiger partial charge in [-0.25, -0.2) is 0 Å². The fourth-order valence-corrected chi connectivity index (χ4v) is 1.90. The molecule has 0 amide bonds. The average molecular weight is 240 g/mol. The summed E-state index contributed by atoms with van der Waals surface area (Å²) in [6, 6.07) is 5.38. The molecule has 0 saturated carbocycles. The van der Waals surface area contributed by atoms with Gasteiger partial charge in [0.2, 0.25) is 0 Å². The molecule has 0 aliphatic heterocycles. The van der Waals surface area contributed by atoms with Crippen molar-refractivity contribution in [2.24, 2.45) is 0 Å². The van der Waals surface area contributed by atoms with E-state index in [-0.39, 0.29) is 0 Å². The first kappa shape index (κ1) is 10.3. The van der Waals surface area contributed by atoms with Crippen LogP contribution in [0.15, 0.2) is 29.9 Å². The first-order chi connectivity index (χ1) is 7.25. The van der Waals surface area contributed by atoms with Gasteiger partial charge in [0.25, 0.3) is 0 Å². The molecule has 2 rings (SSSR count). The Morgan fingerprint density at radius 1 is 1.47 bits per heavy atom. The van der Waals surface area contributed by atoms with E-state index in [1.54, 1.807) is 29.0 Å². The average Bonchev–Trinajstić information content (AvgIpc) is 2.72. The standard InChI is InChI=1S/C10H10ClN3S/c11-7-1-2-9(12)10(3-7)14-5-8-4-13-6-15-8/h1-4,6,14H,5,12H2. The number of nitrogen functional groups attached to an aromatic ring is 1. The highest BCUT2D eigenvalue weighted by atomic mass is 35.5. The van der Waals surface area contributed by atoms with Gasteiger partial charge in [0.05, 0.1) is 23.4 Å². The lowest BCUT2D eigenvalue weighted by Crippen LogP contribution is -2.00. The van der Waals surface area contributed by atoms with E-state index in [0.717, 1.165) is 17.1 Å². The number of thiazole rings is 1. The molecule has 0 bridgehead atoms. The van der Waals surface area contributed by atoms with Gasteiger partial charge in [-0.15, -0.1) is 11.3 Å². The summed E-state index contributed by atoms with van der Waals surface area (Å²) in [7, 11) is 0. The Morgan fingerprint density at radius 3 is 3.07 bits per heavy atom. The Bertz CT molecular complexity index is 442. The summed E-state index contributed by atoms with van der Waals surface area (Å²) >= 11 is 7.48. The molecule has 0 fully saturated rings. The molecule has 78 valence electrons. The number of halogens is 1. The SMILES string of the molecule is Nc1ccc(Cl)cc1NCc1cncs1. The van der Waals surface area contributed by atoms with Crippen molar-refractivity contribution >= 4 is 34.3 Å². The molecular formula is C10H10ClN3S. The molecule has 0 unspecified atom stereocenters. The van der Waals surface area contributed by atoms with Crippen LogP contribution in [-0.2, 0) is 6.54 Å². The maximum Gasteiger partial charge on any atom is 0.0794 e.